The van der Waals surface area contributed by atoms with Gasteiger partial charge in [-0.15, -0.1) is 10.2 Å². The van der Waals surface area contributed by atoms with E-state index in [4.69, 9.17) is 10.5 Å². The minimum Gasteiger partial charge on any atom is -0.384 e. The topological polar surface area (TPSA) is 141 Å². The molecule has 1 fully saturated rings. The van der Waals surface area contributed by atoms with Crippen LogP contribution in [0.4, 0.5) is 11.8 Å². The number of H-pyrrole nitrogens is 1. The Bertz CT molecular complexity index is 1310. The number of ketones is 1. The standard InChI is InChI=1S/C23H29N7O4S/c1-15-6-8-16(9-7-15)30-21(28-10-4-3-5-11-28)26-27-23(30)35-14-17(31)18-19(24)29(12-13-34-2)22(33)25-20(18)32/h6-9H,3-5,10-14,24H2,1-2H3,(H,25,32,33). The Labute approximate surface area is 206 Å². The summed E-state index contributed by atoms with van der Waals surface area (Å²) in [5.41, 5.74) is 6.34. The molecule has 0 radical (unpaired) electrons. The SMILES string of the molecule is COCCn1c(N)c(C(=O)CSc2nnc(N3CCCCC3)n2-c2ccc(C)cc2)c(=O)[nH]c1=O. The van der Waals surface area contributed by atoms with Crippen molar-refractivity contribution in [3.63, 3.8) is 0 Å². The highest BCUT2D eigenvalue weighted by molar-refractivity contribution is 7.99. The highest BCUT2D eigenvalue weighted by atomic mass is 32.2. The predicted molar refractivity (Wildman–Crippen MR) is 135 cm³/mol. The van der Waals surface area contributed by atoms with E-state index in [2.05, 4.69) is 20.1 Å². The molecule has 186 valence electrons. The number of Topliss-reactive ketones (excluding diaryl/α,β-unsaturated/α-hetero) is 1. The van der Waals surface area contributed by atoms with Crippen molar-refractivity contribution in [2.45, 2.75) is 37.9 Å². The fraction of sp³-hybridized carbons (Fsp3) is 0.435. The molecule has 12 heteroatoms. The number of thioether (sulfide) groups is 1. The first-order valence-electron chi connectivity index (χ1n) is 11.5. The number of aryl methyl sites for hydroxylation is 1. The number of piperidine rings is 1. The Morgan fingerprint density at radius 2 is 1.86 bits per heavy atom. The van der Waals surface area contributed by atoms with E-state index in [1.54, 1.807) is 0 Å². The number of nitrogens with zero attached hydrogens (tertiary/aromatic N) is 5. The van der Waals surface area contributed by atoms with Crippen LogP contribution in [0.1, 0.15) is 35.2 Å². The maximum Gasteiger partial charge on any atom is 0.330 e. The van der Waals surface area contributed by atoms with Gasteiger partial charge >= 0.3 is 5.69 Å². The first kappa shape index (κ1) is 24.7. The van der Waals surface area contributed by atoms with Gasteiger partial charge in [-0.25, -0.2) is 4.79 Å². The van der Waals surface area contributed by atoms with Crippen LogP contribution in [0.5, 0.6) is 0 Å². The number of hydrogen-bond acceptors (Lipinski definition) is 9. The van der Waals surface area contributed by atoms with E-state index in [1.165, 1.54) is 25.3 Å². The maximum atomic E-state index is 13.1. The zero-order valence-electron chi connectivity index (χ0n) is 19.8. The molecule has 1 aliphatic rings. The highest BCUT2D eigenvalue weighted by Gasteiger charge is 2.24. The van der Waals surface area contributed by atoms with E-state index in [0.717, 1.165) is 47.7 Å². The smallest absolute Gasteiger partial charge is 0.330 e. The Balaban J connectivity index is 1.63. The molecule has 0 saturated carbocycles. The second kappa shape index (κ2) is 10.9. The third kappa shape index (κ3) is 5.33. The summed E-state index contributed by atoms with van der Waals surface area (Å²) in [5, 5.41) is 9.34. The minimum atomic E-state index is -0.805. The van der Waals surface area contributed by atoms with Crippen molar-refractivity contribution in [3.8, 4) is 5.69 Å². The van der Waals surface area contributed by atoms with Crippen molar-refractivity contribution >= 4 is 29.3 Å². The van der Waals surface area contributed by atoms with Crippen LogP contribution in [0, 0.1) is 6.92 Å². The average Bonchev–Trinajstić information content (AvgIpc) is 3.27. The lowest BCUT2D eigenvalue weighted by molar-refractivity contribution is 0.102. The zero-order chi connectivity index (χ0) is 24.9. The van der Waals surface area contributed by atoms with E-state index in [0.29, 0.717) is 5.16 Å². The Morgan fingerprint density at radius 1 is 1.14 bits per heavy atom. The number of hydrogen-bond donors (Lipinski definition) is 2. The molecular formula is C23H29N7O4S. The number of nitrogens with two attached hydrogens (primary N) is 1. The van der Waals surface area contributed by atoms with Crippen molar-refractivity contribution < 1.29 is 9.53 Å². The molecule has 11 nitrogen and oxygen atoms in total. The molecule has 2 aromatic heterocycles. The van der Waals surface area contributed by atoms with Gasteiger partial charge in [0.05, 0.1) is 24.6 Å². The summed E-state index contributed by atoms with van der Waals surface area (Å²) >= 11 is 1.17. The van der Waals surface area contributed by atoms with Crippen molar-refractivity contribution in [1.29, 1.82) is 0 Å². The maximum absolute atomic E-state index is 13.1. The summed E-state index contributed by atoms with van der Waals surface area (Å²) in [6.45, 7) is 4.12. The monoisotopic (exact) mass is 499 g/mol. The molecule has 1 saturated heterocycles. The number of rotatable bonds is 9. The molecule has 35 heavy (non-hydrogen) atoms. The third-order valence-electron chi connectivity index (χ3n) is 5.92. The van der Waals surface area contributed by atoms with Gasteiger partial charge in [0.15, 0.2) is 10.9 Å². The third-order valence-corrected chi connectivity index (χ3v) is 6.85. The van der Waals surface area contributed by atoms with Crippen LogP contribution in [0.3, 0.4) is 0 Å². The summed E-state index contributed by atoms with van der Waals surface area (Å²) in [4.78, 5) is 42.0. The number of methoxy groups -OCH3 is 1. The van der Waals surface area contributed by atoms with Crippen LogP contribution in [0.15, 0.2) is 39.0 Å². The number of benzene rings is 1. The summed E-state index contributed by atoms with van der Waals surface area (Å²) in [6.07, 6.45) is 3.36. The van der Waals surface area contributed by atoms with Gasteiger partial charge in [-0.1, -0.05) is 29.5 Å². The number of carbonyl (C=O) groups excluding carboxylic acids is 1. The Kier molecular flexibility index (Phi) is 7.71. The molecule has 3 aromatic rings. The largest absolute Gasteiger partial charge is 0.384 e. The highest BCUT2D eigenvalue weighted by Crippen LogP contribution is 2.29. The number of nitrogen functional groups attached to an aromatic ring is 1. The summed E-state index contributed by atoms with van der Waals surface area (Å²) < 4.78 is 8.06. The Morgan fingerprint density at radius 3 is 2.54 bits per heavy atom. The number of nitrogens with one attached hydrogen (secondary N) is 1. The average molecular weight is 500 g/mol. The van der Waals surface area contributed by atoms with Crippen LogP contribution in [-0.4, -0.2) is 62.7 Å². The summed E-state index contributed by atoms with van der Waals surface area (Å²) in [7, 11) is 1.48. The van der Waals surface area contributed by atoms with Crippen LogP contribution in [-0.2, 0) is 11.3 Å². The van der Waals surface area contributed by atoms with Crippen LogP contribution in [0.2, 0.25) is 0 Å². The lowest BCUT2D eigenvalue weighted by Gasteiger charge is -2.27. The first-order valence-corrected chi connectivity index (χ1v) is 12.4. The van der Waals surface area contributed by atoms with Crippen molar-refractivity contribution in [2.75, 3.05) is 43.2 Å². The molecule has 3 heterocycles. The number of ether oxygens (including phenoxy) is 1. The van der Waals surface area contributed by atoms with Gasteiger partial charge in [-0.2, -0.15) is 0 Å². The summed E-state index contributed by atoms with van der Waals surface area (Å²) in [6, 6.07) is 8.01. The van der Waals surface area contributed by atoms with Gasteiger partial charge in [0.25, 0.3) is 5.56 Å². The van der Waals surface area contributed by atoms with E-state index < -0.39 is 17.0 Å². The fourth-order valence-electron chi connectivity index (χ4n) is 4.04. The number of aromatic amines is 1. The van der Waals surface area contributed by atoms with Crippen molar-refractivity contribution in [2.24, 2.45) is 0 Å². The first-order chi connectivity index (χ1) is 16.9. The Hall–Kier alpha value is -3.38. The normalized spacial score (nSPS) is 13.8. The predicted octanol–water partition coefficient (Wildman–Crippen LogP) is 1.62. The number of carbonyl (C=O) groups is 1. The molecule has 0 bridgehead atoms. The quantitative estimate of drug-likeness (QED) is 0.332. The zero-order valence-corrected chi connectivity index (χ0v) is 20.6. The van der Waals surface area contributed by atoms with Crippen molar-refractivity contribution in [1.82, 2.24) is 24.3 Å². The van der Waals surface area contributed by atoms with Crippen LogP contribution in [0.25, 0.3) is 5.69 Å². The molecule has 3 N–H and O–H groups in total. The van der Waals surface area contributed by atoms with Gasteiger partial charge in [0, 0.05) is 20.2 Å². The number of anilines is 2. The second-order valence-electron chi connectivity index (χ2n) is 8.38. The van der Waals surface area contributed by atoms with E-state index in [1.807, 2.05) is 35.8 Å². The lowest BCUT2D eigenvalue weighted by Crippen LogP contribution is -2.37. The molecule has 0 spiro atoms. The van der Waals surface area contributed by atoms with Crippen LogP contribution < -0.4 is 21.9 Å². The van der Waals surface area contributed by atoms with E-state index in [9.17, 15) is 14.4 Å². The van der Waals surface area contributed by atoms with Crippen LogP contribution >= 0.6 is 11.8 Å². The molecule has 0 aliphatic carbocycles. The van der Waals surface area contributed by atoms with Gasteiger partial charge in [-0.05, 0) is 38.3 Å². The molecule has 4 rings (SSSR count). The van der Waals surface area contributed by atoms with Gasteiger partial charge in [0.2, 0.25) is 5.95 Å². The summed E-state index contributed by atoms with van der Waals surface area (Å²) in [5.74, 6) is -0.0398. The fourth-order valence-corrected chi connectivity index (χ4v) is 4.86. The molecule has 1 aliphatic heterocycles. The number of aromatic nitrogens is 5. The van der Waals surface area contributed by atoms with E-state index >= 15 is 0 Å². The molecule has 1 aromatic carbocycles. The molecular weight excluding hydrogens is 470 g/mol. The van der Waals surface area contributed by atoms with Gasteiger partial charge in [0.1, 0.15) is 11.4 Å². The van der Waals surface area contributed by atoms with Gasteiger partial charge < -0.3 is 15.4 Å². The molecule has 0 unspecified atom stereocenters. The molecule has 0 atom stereocenters. The lowest BCUT2D eigenvalue weighted by atomic mass is 10.1. The second-order valence-corrected chi connectivity index (χ2v) is 9.32. The van der Waals surface area contributed by atoms with E-state index in [-0.39, 0.29) is 30.3 Å². The minimum absolute atomic E-state index is 0.0975. The van der Waals surface area contributed by atoms with Crippen molar-refractivity contribution in [3.05, 3.63) is 56.2 Å². The molecule has 0 amide bonds. The van der Waals surface area contributed by atoms with Gasteiger partial charge in [-0.3, -0.25) is 23.7 Å².